The van der Waals surface area contributed by atoms with Crippen molar-refractivity contribution < 1.29 is 14.7 Å². The van der Waals surface area contributed by atoms with E-state index in [9.17, 15) is 14.7 Å². The lowest BCUT2D eigenvalue weighted by molar-refractivity contribution is 0.112. The number of anilines is 1. The lowest BCUT2D eigenvalue weighted by Gasteiger charge is -2.14. The predicted octanol–water partition coefficient (Wildman–Crippen LogP) is 1.08. The number of aromatic hydroxyl groups is 1. The van der Waals surface area contributed by atoms with Crippen LogP contribution in [-0.2, 0) is 0 Å². The van der Waals surface area contributed by atoms with Gasteiger partial charge >= 0.3 is 0 Å². The van der Waals surface area contributed by atoms with E-state index in [2.05, 4.69) is 0 Å². The Hall–Kier alpha value is -1.84. The van der Waals surface area contributed by atoms with Gasteiger partial charge in [0.15, 0.2) is 12.6 Å². The van der Waals surface area contributed by atoms with Crippen LogP contribution in [0.25, 0.3) is 0 Å². The summed E-state index contributed by atoms with van der Waals surface area (Å²) in [6.07, 6.45) is 1.05. The maximum atomic E-state index is 10.6. The third kappa shape index (κ3) is 1.74. The first-order chi connectivity index (χ1) is 6.60. The number of rotatable bonds is 3. The van der Waals surface area contributed by atoms with E-state index < -0.39 is 0 Å². The molecule has 1 aromatic rings. The van der Waals surface area contributed by atoms with Gasteiger partial charge in [-0.05, 0) is 12.1 Å². The summed E-state index contributed by atoms with van der Waals surface area (Å²) in [7, 11) is 3.57. The van der Waals surface area contributed by atoms with Gasteiger partial charge in [-0.3, -0.25) is 9.59 Å². The Bertz CT molecular complexity index is 343. The highest BCUT2D eigenvalue weighted by Crippen LogP contribution is 2.25. The lowest BCUT2D eigenvalue weighted by atomic mass is 10.1. The standard InChI is InChI=1S/C10H11NO3/c1-11(2)9-3-7(5-12)10(14)8(4-9)6-13/h3-6,14H,1-2H3. The molecule has 1 rings (SSSR count). The summed E-state index contributed by atoms with van der Waals surface area (Å²) in [5, 5.41) is 9.41. The minimum Gasteiger partial charge on any atom is -0.506 e. The van der Waals surface area contributed by atoms with Gasteiger partial charge in [0.25, 0.3) is 0 Å². The molecule has 0 aliphatic carbocycles. The predicted molar refractivity (Wildman–Crippen MR) is 53.2 cm³/mol. The van der Waals surface area contributed by atoms with Gasteiger partial charge in [0.1, 0.15) is 5.75 Å². The number of aldehydes is 2. The van der Waals surface area contributed by atoms with E-state index in [1.807, 2.05) is 0 Å². The molecule has 0 aliphatic rings. The van der Waals surface area contributed by atoms with Gasteiger partial charge in [0.2, 0.25) is 0 Å². The zero-order chi connectivity index (χ0) is 10.7. The van der Waals surface area contributed by atoms with Gasteiger partial charge in [0.05, 0.1) is 11.1 Å². The van der Waals surface area contributed by atoms with Crippen LogP contribution < -0.4 is 4.90 Å². The molecule has 0 heterocycles. The van der Waals surface area contributed by atoms with E-state index in [1.54, 1.807) is 19.0 Å². The second-order valence-electron chi connectivity index (χ2n) is 3.10. The monoisotopic (exact) mass is 193 g/mol. The van der Waals surface area contributed by atoms with Crippen LogP contribution in [0.1, 0.15) is 20.7 Å². The van der Waals surface area contributed by atoms with Crippen molar-refractivity contribution in [1.82, 2.24) is 0 Å². The summed E-state index contributed by atoms with van der Waals surface area (Å²) in [4.78, 5) is 22.9. The molecule has 0 atom stereocenters. The molecule has 74 valence electrons. The molecule has 0 saturated carbocycles. The molecule has 0 saturated heterocycles. The Labute approximate surface area is 81.8 Å². The Kier molecular flexibility index (Phi) is 2.86. The molecule has 1 N–H and O–H groups in total. The fraction of sp³-hybridized carbons (Fsp3) is 0.200. The largest absolute Gasteiger partial charge is 0.506 e. The number of benzene rings is 1. The quantitative estimate of drug-likeness (QED) is 0.730. The molecule has 0 radical (unpaired) electrons. The third-order valence-electron chi connectivity index (χ3n) is 1.92. The first-order valence-corrected chi connectivity index (χ1v) is 4.05. The van der Waals surface area contributed by atoms with Crippen LogP contribution >= 0.6 is 0 Å². The van der Waals surface area contributed by atoms with Crippen molar-refractivity contribution >= 4 is 18.3 Å². The highest BCUT2D eigenvalue weighted by Gasteiger charge is 2.09. The molecular formula is C10H11NO3. The van der Waals surface area contributed by atoms with E-state index in [0.717, 1.165) is 0 Å². The summed E-state index contributed by atoms with van der Waals surface area (Å²) < 4.78 is 0. The fourth-order valence-corrected chi connectivity index (χ4v) is 1.10. The fourth-order valence-electron chi connectivity index (χ4n) is 1.10. The first-order valence-electron chi connectivity index (χ1n) is 4.05. The number of hydrogen-bond donors (Lipinski definition) is 1. The van der Waals surface area contributed by atoms with Crippen LogP contribution in [0.15, 0.2) is 12.1 Å². The zero-order valence-corrected chi connectivity index (χ0v) is 8.02. The van der Waals surface area contributed by atoms with E-state index in [-0.39, 0.29) is 16.9 Å². The van der Waals surface area contributed by atoms with E-state index in [4.69, 9.17) is 0 Å². The zero-order valence-electron chi connectivity index (χ0n) is 8.02. The summed E-state index contributed by atoms with van der Waals surface area (Å²) in [5.74, 6) is -0.263. The van der Waals surface area contributed by atoms with Crippen LogP contribution in [0, 0.1) is 0 Å². The molecular weight excluding hydrogens is 182 g/mol. The summed E-state index contributed by atoms with van der Waals surface area (Å²) >= 11 is 0. The number of carbonyl (C=O) groups excluding carboxylic acids is 2. The highest BCUT2D eigenvalue weighted by molar-refractivity contribution is 5.90. The molecule has 0 spiro atoms. The summed E-state index contributed by atoms with van der Waals surface area (Å²) in [6, 6.07) is 3.05. The van der Waals surface area contributed by atoms with Gasteiger partial charge in [-0.1, -0.05) is 0 Å². The topological polar surface area (TPSA) is 57.6 Å². The first kappa shape index (κ1) is 10.2. The minimum absolute atomic E-state index is 0.123. The number of phenolic OH excluding ortho intramolecular Hbond substituents is 1. The smallest absolute Gasteiger partial charge is 0.153 e. The number of carbonyl (C=O) groups is 2. The third-order valence-corrected chi connectivity index (χ3v) is 1.92. The highest BCUT2D eigenvalue weighted by atomic mass is 16.3. The second-order valence-corrected chi connectivity index (χ2v) is 3.10. The molecule has 4 heteroatoms. The maximum absolute atomic E-state index is 10.6. The van der Waals surface area contributed by atoms with Crippen molar-refractivity contribution in [2.24, 2.45) is 0 Å². The molecule has 1 aromatic carbocycles. The molecule has 0 fully saturated rings. The van der Waals surface area contributed by atoms with Crippen LogP contribution in [-0.4, -0.2) is 31.8 Å². The number of hydrogen-bond acceptors (Lipinski definition) is 4. The Morgan fingerprint density at radius 2 is 1.57 bits per heavy atom. The van der Waals surface area contributed by atoms with Crippen molar-refractivity contribution in [1.29, 1.82) is 0 Å². The van der Waals surface area contributed by atoms with Crippen molar-refractivity contribution in [2.75, 3.05) is 19.0 Å². The van der Waals surface area contributed by atoms with Gasteiger partial charge < -0.3 is 10.0 Å². The van der Waals surface area contributed by atoms with Crippen LogP contribution in [0.5, 0.6) is 5.75 Å². The average molecular weight is 193 g/mol. The van der Waals surface area contributed by atoms with Crippen molar-refractivity contribution in [3.63, 3.8) is 0 Å². The Balaban J connectivity index is 3.39. The van der Waals surface area contributed by atoms with Gasteiger partial charge in [-0.25, -0.2) is 0 Å². The van der Waals surface area contributed by atoms with Crippen LogP contribution in [0.4, 0.5) is 5.69 Å². The number of phenols is 1. The normalized spacial score (nSPS) is 9.57. The molecule has 14 heavy (non-hydrogen) atoms. The second kappa shape index (κ2) is 3.91. The summed E-state index contributed by atoms with van der Waals surface area (Å²) in [6.45, 7) is 0. The van der Waals surface area contributed by atoms with E-state index in [1.165, 1.54) is 12.1 Å². The lowest BCUT2D eigenvalue weighted by Crippen LogP contribution is -2.09. The van der Waals surface area contributed by atoms with Gasteiger partial charge in [-0.2, -0.15) is 0 Å². The molecule has 0 aliphatic heterocycles. The van der Waals surface area contributed by atoms with Gasteiger partial charge in [-0.15, -0.1) is 0 Å². The van der Waals surface area contributed by atoms with Crippen LogP contribution in [0.3, 0.4) is 0 Å². The SMILES string of the molecule is CN(C)c1cc(C=O)c(O)c(C=O)c1. The maximum Gasteiger partial charge on any atom is 0.153 e. The molecule has 0 amide bonds. The average Bonchev–Trinajstić information content (AvgIpc) is 2.17. The Morgan fingerprint density at radius 1 is 1.14 bits per heavy atom. The summed E-state index contributed by atoms with van der Waals surface area (Å²) in [5.41, 5.74) is 0.948. The molecule has 0 aromatic heterocycles. The van der Waals surface area contributed by atoms with Crippen molar-refractivity contribution in [3.05, 3.63) is 23.3 Å². The molecule has 0 unspecified atom stereocenters. The Morgan fingerprint density at radius 3 is 1.86 bits per heavy atom. The van der Waals surface area contributed by atoms with Crippen molar-refractivity contribution in [2.45, 2.75) is 0 Å². The van der Waals surface area contributed by atoms with Crippen LogP contribution in [0.2, 0.25) is 0 Å². The number of nitrogens with zero attached hydrogens (tertiary/aromatic N) is 1. The van der Waals surface area contributed by atoms with Crippen molar-refractivity contribution in [3.8, 4) is 5.75 Å². The molecule has 0 bridgehead atoms. The molecule has 4 nitrogen and oxygen atoms in total. The van der Waals surface area contributed by atoms with Gasteiger partial charge in [0, 0.05) is 19.8 Å². The van der Waals surface area contributed by atoms with E-state index >= 15 is 0 Å². The van der Waals surface area contributed by atoms with E-state index in [0.29, 0.717) is 18.3 Å². The minimum atomic E-state index is -0.263.